The monoisotopic (exact) mass is 302 g/mol. The first-order valence-corrected chi connectivity index (χ1v) is 6.70. The summed E-state index contributed by atoms with van der Waals surface area (Å²) in [5.41, 5.74) is 5.85. The molecule has 1 aliphatic carbocycles. The molecule has 2 rings (SSSR count). The number of amides is 1. The van der Waals surface area contributed by atoms with Gasteiger partial charge in [0.1, 0.15) is 5.75 Å². The maximum Gasteiger partial charge on any atom is 0.573 e. The van der Waals surface area contributed by atoms with Crippen molar-refractivity contribution in [2.24, 2.45) is 5.73 Å². The van der Waals surface area contributed by atoms with Gasteiger partial charge in [-0.15, -0.1) is 13.2 Å². The van der Waals surface area contributed by atoms with Crippen LogP contribution in [0.5, 0.6) is 5.75 Å². The highest BCUT2D eigenvalue weighted by atomic mass is 19.4. The first kappa shape index (κ1) is 15.6. The lowest BCUT2D eigenvalue weighted by atomic mass is 9.94. The van der Waals surface area contributed by atoms with Crippen LogP contribution in [0.2, 0.25) is 0 Å². The van der Waals surface area contributed by atoms with Gasteiger partial charge in [-0.05, 0) is 25.0 Å². The Kier molecular flexibility index (Phi) is 4.41. The largest absolute Gasteiger partial charge is 0.573 e. The summed E-state index contributed by atoms with van der Waals surface area (Å²) in [6.45, 7) is 0. The van der Waals surface area contributed by atoms with E-state index in [-0.39, 0.29) is 23.8 Å². The van der Waals surface area contributed by atoms with Crippen LogP contribution in [0, 0.1) is 0 Å². The van der Waals surface area contributed by atoms with E-state index in [9.17, 15) is 18.0 Å². The van der Waals surface area contributed by atoms with Gasteiger partial charge in [0.15, 0.2) is 0 Å². The fourth-order valence-electron chi connectivity index (χ4n) is 2.55. The number of benzene rings is 1. The lowest BCUT2D eigenvalue weighted by molar-refractivity contribution is -0.274. The third-order valence-corrected chi connectivity index (χ3v) is 3.46. The molecule has 0 aliphatic heterocycles. The Balaban J connectivity index is 1.96. The Hall–Kier alpha value is -1.76. The molecule has 0 aromatic heterocycles. The van der Waals surface area contributed by atoms with E-state index in [0.29, 0.717) is 0 Å². The molecule has 0 heterocycles. The van der Waals surface area contributed by atoms with Crippen LogP contribution in [0.1, 0.15) is 32.1 Å². The smallest absolute Gasteiger partial charge is 0.406 e. The Labute approximate surface area is 120 Å². The molecule has 7 heteroatoms. The summed E-state index contributed by atoms with van der Waals surface area (Å²) in [6, 6.07) is 5.18. The van der Waals surface area contributed by atoms with Crippen LogP contribution < -0.4 is 15.8 Å². The molecule has 1 aliphatic rings. The van der Waals surface area contributed by atoms with Crippen molar-refractivity contribution in [1.29, 1.82) is 0 Å². The van der Waals surface area contributed by atoms with Gasteiger partial charge in [-0.25, -0.2) is 0 Å². The summed E-state index contributed by atoms with van der Waals surface area (Å²) in [5, 5.41) is 2.55. The number of hydrogen-bond acceptors (Lipinski definition) is 3. The van der Waals surface area contributed by atoms with E-state index in [0.717, 1.165) is 31.7 Å². The van der Waals surface area contributed by atoms with Crippen molar-refractivity contribution in [2.75, 3.05) is 5.32 Å². The second kappa shape index (κ2) is 5.93. The molecule has 0 radical (unpaired) electrons. The van der Waals surface area contributed by atoms with Gasteiger partial charge in [0.2, 0.25) is 5.91 Å². The molecule has 0 saturated heterocycles. The van der Waals surface area contributed by atoms with Gasteiger partial charge in [0.25, 0.3) is 0 Å². The van der Waals surface area contributed by atoms with Crippen molar-refractivity contribution in [1.82, 2.24) is 0 Å². The van der Waals surface area contributed by atoms with Crippen LogP contribution in [0.15, 0.2) is 24.3 Å². The Morgan fingerprint density at radius 3 is 2.62 bits per heavy atom. The quantitative estimate of drug-likeness (QED) is 0.897. The van der Waals surface area contributed by atoms with Gasteiger partial charge in [0.05, 0.1) is 0 Å². The van der Waals surface area contributed by atoms with E-state index in [2.05, 4.69) is 10.1 Å². The molecular formula is C14H17F3N2O2. The molecule has 3 N–H and O–H groups in total. The van der Waals surface area contributed by atoms with Crippen molar-refractivity contribution >= 4 is 11.6 Å². The SMILES string of the molecule is NC1(CC(=O)Nc2cccc(OC(F)(F)F)c2)CCCC1. The Morgan fingerprint density at radius 2 is 2.00 bits per heavy atom. The van der Waals surface area contributed by atoms with E-state index in [1.54, 1.807) is 0 Å². The van der Waals surface area contributed by atoms with Crippen molar-refractivity contribution < 1.29 is 22.7 Å². The zero-order valence-electron chi connectivity index (χ0n) is 11.4. The molecule has 4 nitrogen and oxygen atoms in total. The fraction of sp³-hybridized carbons (Fsp3) is 0.500. The first-order chi connectivity index (χ1) is 9.76. The van der Waals surface area contributed by atoms with Gasteiger partial charge in [-0.2, -0.15) is 0 Å². The number of halogens is 3. The lowest BCUT2D eigenvalue weighted by Crippen LogP contribution is -2.40. The zero-order valence-corrected chi connectivity index (χ0v) is 11.4. The summed E-state index contributed by atoms with van der Waals surface area (Å²) in [4.78, 5) is 11.9. The minimum absolute atomic E-state index is 0.164. The summed E-state index contributed by atoms with van der Waals surface area (Å²) < 4.78 is 40.2. The van der Waals surface area contributed by atoms with Crippen LogP contribution in [-0.2, 0) is 4.79 Å². The average molecular weight is 302 g/mol. The minimum Gasteiger partial charge on any atom is -0.406 e. The molecule has 0 unspecified atom stereocenters. The maximum atomic E-state index is 12.1. The number of carbonyl (C=O) groups is 1. The molecule has 1 fully saturated rings. The maximum absolute atomic E-state index is 12.1. The lowest BCUT2D eigenvalue weighted by Gasteiger charge is -2.22. The standard InChI is InChI=1S/C14H17F3N2O2/c15-14(16,17)21-11-5-3-4-10(8-11)19-12(20)9-13(18)6-1-2-7-13/h3-5,8H,1-2,6-7,9,18H2,(H,19,20). The van der Waals surface area contributed by atoms with Gasteiger partial charge < -0.3 is 15.8 Å². The average Bonchev–Trinajstić information content (AvgIpc) is 2.73. The van der Waals surface area contributed by atoms with E-state index < -0.39 is 11.9 Å². The Morgan fingerprint density at radius 1 is 1.33 bits per heavy atom. The molecule has 1 aromatic rings. The van der Waals surface area contributed by atoms with Crippen molar-refractivity contribution in [2.45, 2.75) is 44.0 Å². The van der Waals surface area contributed by atoms with Gasteiger partial charge in [0, 0.05) is 23.7 Å². The summed E-state index contributed by atoms with van der Waals surface area (Å²) in [5.74, 6) is -0.674. The number of alkyl halides is 3. The molecular weight excluding hydrogens is 285 g/mol. The highest BCUT2D eigenvalue weighted by Gasteiger charge is 2.32. The summed E-state index contributed by atoms with van der Waals surface area (Å²) in [6.07, 6.45) is -1.02. The summed E-state index contributed by atoms with van der Waals surface area (Å²) >= 11 is 0. The number of carbonyl (C=O) groups excluding carboxylic acids is 1. The number of nitrogens with two attached hydrogens (primary N) is 1. The highest BCUT2D eigenvalue weighted by Crippen LogP contribution is 2.30. The molecule has 1 aromatic carbocycles. The van der Waals surface area contributed by atoms with E-state index >= 15 is 0 Å². The van der Waals surface area contributed by atoms with Crippen LogP contribution in [0.3, 0.4) is 0 Å². The number of nitrogens with one attached hydrogen (secondary N) is 1. The number of anilines is 1. The highest BCUT2D eigenvalue weighted by molar-refractivity contribution is 5.91. The number of rotatable bonds is 4. The summed E-state index contributed by atoms with van der Waals surface area (Å²) in [7, 11) is 0. The predicted octanol–water partition coefficient (Wildman–Crippen LogP) is 3.19. The molecule has 21 heavy (non-hydrogen) atoms. The van der Waals surface area contributed by atoms with Crippen LogP contribution in [-0.4, -0.2) is 17.8 Å². The third kappa shape index (κ3) is 4.93. The number of ether oxygens (including phenoxy) is 1. The van der Waals surface area contributed by atoms with Gasteiger partial charge in [-0.1, -0.05) is 18.9 Å². The zero-order chi connectivity index (χ0) is 15.5. The van der Waals surface area contributed by atoms with E-state index in [4.69, 9.17) is 5.73 Å². The Bertz CT molecular complexity index is 511. The molecule has 1 amide bonds. The minimum atomic E-state index is -4.76. The second-order valence-corrected chi connectivity index (χ2v) is 5.37. The van der Waals surface area contributed by atoms with E-state index in [1.165, 1.54) is 18.2 Å². The van der Waals surface area contributed by atoms with Crippen LogP contribution in [0.25, 0.3) is 0 Å². The normalized spacial score (nSPS) is 17.5. The number of hydrogen-bond donors (Lipinski definition) is 2. The molecule has 116 valence electrons. The third-order valence-electron chi connectivity index (χ3n) is 3.46. The first-order valence-electron chi connectivity index (χ1n) is 6.70. The topological polar surface area (TPSA) is 64.4 Å². The second-order valence-electron chi connectivity index (χ2n) is 5.37. The van der Waals surface area contributed by atoms with Crippen molar-refractivity contribution in [3.63, 3.8) is 0 Å². The predicted molar refractivity (Wildman–Crippen MR) is 71.8 cm³/mol. The molecule has 0 spiro atoms. The van der Waals surface area contributed by atoms with Crippen LogP contribution in [0.4, 0.5) is 18.9 Å². The van der Waals surface area contributed by atoms with E-state index in [1.807, 2.05) is 0 Å². The molecule has 1 saturated carbocycles. The molecule has 0 bridgehead atoms. The van der Waals surface area contributed by atoms with Crippen LogP contribution >= 0.6 is 0 Å². The van der Waals surface area contributed by atoms with Crippen molar-refractivity contribution in [3.05, 3.63) is 24.3 Å². The molecule has 0 atom stereocenters. The van der Waals surface area contributed by atoms with Crippen molar-refractivity contribution in [3.8, 4) is 5.75 Å². The van der Waals surface area contributed by atoms with Gasteiger partial charge >= 0.3 is 6.36 Å². The van der Waals surface area contributed by atoms with Gasteiger partial charge in [-0.3, -0.25) is 4.79 Å². The fourth-order valence-corrected chi connectivity index (χ4v) is 2.55.